The Morgan fingerprint density at radius 3 is 2.50 bits per heavy atom. The summed E-state index contributed by atoms with van der Waals surface area (Å²) in [4.78, 5) is 27.0. The second-order valence-corrected chi connectivity index (χ2v) is 5.88. The number of pyridine rings is 1. The molecule has 0 aromatic carbocycles. The summed E-state index contributed by atoms with van der Waals surface area (Å²) in [6.45, 7) is 3.57. The number of aliphatic carboxylic acids is 1. The first-order chi connectivity index (χ1) is 8.34. The number of nitrogens with zero attached hydrogens (tertiary/aromatic N) is 1. The second-order valence-electron chi connectivity index (χ2n) is 4.97. The Balaban J connectivity index is 2.06. The van der Waals surface area contributed by atoms with Crippen LogP contribution in [0.5, 0.6) is 0 Å². The predicted molar refractivity (Wildman–Crippen MR) is 69.0 cm³/mol. The Hall–Kier alpha value is -1.43. The van der Waals surface area contributed by atoms with Gasteiger partial charge in [0.05, 0.1) is 11.8 Å². The van der Waals surface area contributed by atoms with Crippen molar-refractivity contribution in [3.63, 3.8) is 0 Å². The first-order valence-electron chi connectivity index (χ1n) is 5.49. The van der Waals surface area contributed by atoms with Crippen molar-refractivity contribution in [2.45, 2.75) is 13.8 Å². The van der Waals surface area contributed by atoms with Gasteiger partial charge in [0.15, 0.2) is 0 Å². The molecule has 18 heavy (non-hydrogen) atoms. The molecule has 1 aromatic rings. The van der Waals surface area contributed by atoms with Crippen molar-refractivity contribution in [2.24, 2.45) is 17.3 Å². The van der Waals surface area contributed by atoms with Gasteiger partial charge in [-0.1, -0.05) is 13.8 Å². The SMILES string of the molecule is CC1(C)[C@H](C(=O)Nc2ccc(Br)cn2)[C@@H]1C(=O)O. The lowest BCUT2D eigenvalue weighted by atomic mass is 10.1. The van der Waals surface area contributed by atoms with Gasteiger partial charge in [-0.05, 0) is 33.5 Å². The summed E-state index contributed by atoms with van der Waals surface area (Å²) in [5.74, 6) is -1.91. The van der Waals surface area contributed by atoms with E-state index in [0.29, 0.717) is 5.82 Å². The van der Waals surface area contributed by atoms with Gasteiger partial charge in [0.2, 0.25) is 5.91 Å². The topological polar surface area (TPSA) is 79.3 Å². The van der Waals surface area contributed by atoms with Crippen LogP contribution < -0.4 is 5.32 Å². The number of halogens is 1. The zero-order valence-electron chi connectivity index (χ0n) is 9.98. The summed E-state index contributed by atoms with van der Waals surface area (Å²) in [6.07, 6.45) is 1.57. The van der Waals surface area contributed by atoms with Gasteiger partial charge in [-0.25, -0.2) is 4.98 Å². The highest BCUT2D eigenvalue weighted by Gasteiger charge is 2.65. The fourth-order valence-electron chi connectivity index (χ4n) is 2.24. The van der Waals surface area contributed by atoms with E-state index in [1.165, 1.54) is 0 Å². The van der Waals surface area contributed by atoms with Crippen LogP contribution in [-0.4, -0.2) is 22.0 Å². The van der Waals surface area contributed by atoms with Gasteiger partial charge in [-0.3, -0.25) is 9.59 Å². The van der Waals surface area contributed by atoms with E-state index in [1.807, 2.05) is 0 Å². The van der Waals surface area contributed by atoms with Crippen LogP contribution in [0.15, 0.2) is 22.8 Å². The average Bonchev–Trinajstić information content (AvgIpc) is 2.85. The van der Waals surface area contributed by atoms with Crippen molar-refractivity contribution in [3.8, 4) is 0 Å². The van der Waals surface area contributed by atoms with E-state index in [1.54, 1.807) is 32.2 Å². The van der Waals surface area contributed by atoms with Crippen molar-refractivity contribution in [1.29, 1.82) is 0 Å². The van der Waals surface area contributed by atoms with E-state index in [9.17, 15) is 9.59 Å². The standard InChI is InChI=1S/C12H13BrN2O3/c1-12(2)8(9(12)11(17)18)10(16)15-7-4-3-6(13)5-14-7/h3-5,8-9H,1-2H3,(H,17,18)(H,14,15,16)/t8-,9+/m0/s1. The number of carbonyl (C=O) groups is 2. The van der Waals surface area contributed by atoms with Crippen LogP contribution in [-0.2, 0) is 9.59 Å². The number of hydrogen-bond acceptors (Lipinski definition) is 3. The number of amides is 1. The van der Waals surface area contributed by atoms with Crippen molar-refractivity contribution >= 4 is 33.6 Å². The maximum absolute atomic E-state index is 12.0. The molecule has 0 aliphatic heterocycles. The zero-order valence-corrected chi connectivity index (χ0v) is 11.6. The fourth-order valence-corrected chi connectivity index (χ4v) is 2.48. The molecule has 96 valence electrons. The summed E-state index contributed by atoms with van der Waals surface area (Å²) >= 11 is 3.25. The number of carboxylic acid groups (broad SMARTS) is 1. The number of carboxylic acids is 1. The van der Waals surface area contributed by atoms with Crippen LogP contribution >= 0.6 is 15.9 Å². The molecule has 2 N–H and O–H groups in total. The van der Waals surface area contributed by atoms with E-state index in [-0.39, 0.29) is 5.91 Å². The first kappa shape index (κ1) is 13.0. The Morgan fingerprint density at radius 2 is 2.06 bits per heavy atom. The molecule has 1 amide bonds. The van der Waals surface area contributed by atoms with Crippen LogP contribution in [0.25, 0.3) is 0 Å². The largest absolute Gasteiger partial charge is 0.481 e. The van der Waals surface area contributed by atoms with Crippen LogP contribution in [0.3, 0.4) is 0 Å². The van der Waals surface area contributed by atoms with Crippen LogP contribution in [0.1, 0.15) is 13.8 Å². The van der Waals surface area contributed by atoms with Crippen LogP contribution in [0.4, 0.5) is 5.82 Å². The van der Waals surface area contributed by atoms with Gasteiger partial charge >= 0.3 is 5.97 Å². The number of hydrogen-bond donors (Lipinski definition) is 2. The Kier molecular flexibility index (Phi) is 3.14. The number of nitrogens with one attached hydrogen (secondary N) is 1. The fraction of sp³-hybridized carbons (Fsp3) is 0.417. The molecule has 5 nitrogen and oxygen atoms in total. The summed E-state index contributed by atoms with van der Waals surface area (Å²) in [6, 6.07) is 3.42. The molecule has 1 aliphatic rings. The smallest absolute Gasteiger partial charge is 0.307 e. The minimum Gasteiger partial charge on any atom is -0.481 e. The van der Waals surface area contributed by atoms with Crippen molar-refractivity contribution in [1.82, 2.24) is 4.98 Å². The molecule has 1 fully saturated rings. The lowest BCUT2D eigenvalue weighted by Crippen LogP contribution is -2.18. The Bertz CT molecular complexity index is 499. The predicted octanol–water partition coefficient (Wildman–Crippen LogP) is 2.14. The molecule has 0 spiro atoms. The number of rotatable bonds is 3. The van der Waals surface area contributed by atoms with Gasteiger partial charge in [0.1, 0.15) is 5.82 Å². The van der Waals surface area contributed by atoms with Gasteiger partial charge in [-0.2, -0.15) is 0 Å². The molecule has 0 bridgehead atoms. The van der Waals surface area contributed by atoms with E-state index < -0.39 is 23.2 Å². The average molecular weight is 313 g/mol. The maximum atomic E-state index is 12.0. The number of anilines is 1. The molecule has 2 rings (SSSR count). The third kappa shape index (κ3) is 2.25. The van der Waals surface area contributed by atoms with Gasteiger partial charge < -0.3 is 10.4 Å². The molecule has 1 heterocycles. The molecular formula is C12H13BrN2O3. The summed E-state index contributed by atoms with van der Waals surface area (Å²) < 4.78 is 0.815. The molecule has 1 aromatic heterocycles. The molecule has 0 radical (unpaired) electrons. The lowest BCUT2D eigenvalue weighted by Gasteiger charge is -2.04. The minimum absolute atomic E-state index is 0.290. The number of carbonyl (C=O) groups excluding carboxylic acids is 1. The summed E-state index contributed by atoms with van der Waals surface area (Å²) in [5.41, 5.74) is -0.495. The van der Waals surface area contributed by atoms with Gasteiger partial charge in [-0.15, -0.1) is 0 Å². The van der Waals surface area contributed by atoms with Crippen molar-refractivity contribution < 1.29 is 14.7 Å². The van der Waals surface area contributed by atoms with Crippen molar-refractivity contribution in [3.05, 3.63) is 22.8 Å². The molecule has 1 saturated carbocycles. The molecular weight excluding hydrogens is 300 g/mol. The van der Waals surface area contributed by atoms with Gasteiger partial charge in [0, 0.05) is 10.7 Å². The van der Waals surface area contributed by atoms with E-state index in [2.05, 4.69) is 26.2 Å². The van der Waals surface area contributed by atoms with Gasteiger partial charge in [0.25, 0.3) is 0 Å². The summed E-state index contributed by atoms with van der Waals surface area (Å²) in [7, 11) is 0. The third-order valence-corrected chi connectivity index (χ3v) is 3.82. The van der Waals surface area contributed by atoms with E-state index in [0.717, 1.165) is 4.47 Å². The Labute approximate surface area is 113 Å². The molecule has 6 heteroatoms. The highest BCUT2D eigenvalue weighted by atomic mass is 79.9. The first-order valence-corrected chi connectivity index (χ1v) is 6.28. The van der Waals surface area contributed by atoms with E-state index in [4.69, 9.17) is 5.11 Å². The molecule has 1 aliphatic carbocycles. The monoisotopic (exact) mass is 312 g/mol. The second kappa shape index (κ2) is 4.35. The third-order valence-electron chi connectivity index (χ3n) is 3.35. The molecule has 2 atom stereocenters. The maximum Gasteiger partial charge on any atom is 0.307 e. The normalized spacial score (nSPS) is 24.4. The lowest BCUT2D eigenvalue weighted by molar-refractivity contribution is -0.140. The zero-order chi connectivity index (χ0) is 13.5. The highest BCUT2D eigenvalue weighted by Crippen LogP contribution is 2.58. The quantitative estimate of drug-likeness (QED) is 0.896. The number of aromatic nitrogens is 1. The Morgan fingerprint density at radius 1 is 1.39 bits per heavy atom. The van der Waals surface area contributed by atoms with Crippen LogP contribution in [0, 0.1) is 17.3 Å². The van der Waals surface area contributed by atoms with E-state index >= 15 is 0 Å². The summed E-state index contributed by atoms with van der Waals surface area (Å²) in [5, 5.41) is 11.6. The van der Waals surface area contributed by atoms with Crippen LogP contribution in [0.2, 0.25) is 0 Å². The minimum atomic E-state index is -0.927. The molecule has 0 unspecified atom stereocenters. The highest BCUT2D eigenvalue weighted by molar-refractivity contribution is 9.10. The van der Waals surface area contributed by atoms with Crippen molar-refractivity contribution in [2.75, 3.05) is 5.32 Å². The molecule has 0 saturated heterocycles.